The average Bonchev–Trinajstić information content (AvgIpc) is 3.65. The number of anilines is 1. The Kier molecular flexibility index (Phi) is 8.69. The van der Waals surface area contributed by atoms with Crippen LogP contribution in [-0.4, -0.2) is 32.6 Å². The van der Waals surface area contributed by atoms with Crippen LogP contribution in [-0.2, 0) is 22.6 Å². The van der Waals surface area contributed by atoms with Crippen molar-refractivity contribution in [3.8, 4) is 5.75 Å². The third kappa shape index (κ3) is 6.90. The van der Waals surface area contributed by atoms with Crippen LogP contribution in [0.4, 0.5) is 5.13 Å². The largest absolute Gasteiger partial charge is 0.484 e. The molecule has 2 amide bonds. The lowest BCUT2D eigenvalue weighted by molar-refractivity contribution is -0.122. The van der Waals surface area contributed by atoms with Gasteiger partial charge in [-0.15, -0.1) is 11.3 Å². The predicted octanol–water partition coefficient (Wildman–Crippen LogP) is 7.05. The molecular formula is C27H19Cl2N3O4S3. The van der Waals surface area contributed by atoms with Crippen molar-refractivity contribution in [2.24, 2.45) is 0 Å². The van der Waals surface area contributed by atoms with E-state index in [0.29, 0.717) is 48.9 Å². The molecule has 0 aliphatic carbocycles. The lowest BCUT2D eigenvalue weighted by Gasteiger charge is -2.11. The minimum absolute atomic E-state index is 0.167. The normalized spacial score (nSPS) is 14.3. The number of aromatic nitrogens is 1. The van der Waals surface area contributed by atoms with Gasteiger partial charge >= 0.3 is 0 Å². The Morgan fingerprint density at radius 1 is 1.15 bits per heavy atom. The summed E-state index contributed by atoms with van der Waals surface area (Å²) in [7, 11) is 0. The smallest absolute Gasteiger partial charge is 0.266 e. The Bertz CT molecular complexity index is 1550. The first-order chi connectivity index (χ1) is 18.9. The summed E-state index contributed by atoms with van der Waals surface area (Å²) in [4.78, 5) is 32.4. The van der Waals surface area contributed by atoms with Crippen LogP contribution < -0.4 is 10.1 Å². The first kappa shape index (κ1) is 27.4. The van der Waals surface area contributed by atoms with Crippen molar-refractivity contribution in [1.82, 2.24) is 9.88 Å². The van der Waals surface area contributed by atoms with E-state index in [1.54, 1.807) is 61.0 Å². The molecule has 0 unspecified atom stereocenters. The van der Waals surface area contributed by atoms with Gasteiger partial charge in [-0.05, 0) is 47.5 Å². The third-order valence-electron chi connectivity index (χ3n) is 5.51. The second-order valence-corrected chi connectivity index (χ2v) is 11.9. The zero-order valence-corrected chi connectivity index (χ0v) is 24.0. The van der Waals surface area contributed by atoms with Gasteiger partial charge in [-0.3, -0.25) is 19.8 Å². The first-order valence-corrected chi connectivity index (χ1v) is 14.3. The highest BCUT2D eigenvalue weighted by molar-refractivity contribution is 8.26. The second-order valence-electron chi connectivity index (χ2n) is 8.27. The Morgan fingerprint density at radius 3 is 2.74 bits per heavy atom. The SMILES string of the molecule is O=C(COc1ccc(/C=C2\SC(=S)N(Cc3ccco3)C2=O)cc1)Nc1ncc(Cc2cccc(Cl)c2Cl)s1. The number of thiocarbonyl (C=S) groups is 1. The quantitative estimate of drug-likeness (QED) is 0.159. The number of amides is 2. The zero-order chi connectivity index (χ0) is 27.4. The Hall–Kier alpha value is -3.15. The number of carbonyl (C=O) groups is 2. The van der Waals surface area contributed by atoms with Crippen LogP contribution in [0.25, 0.3) is 6.08 Å². The lowest BCUT2D eigenvalue weighted by Crippen LogP contribution is -2.27. The van der Waals surface area contributed by atoms with Crippen LogP contribution in [0.3, 0.4) is 0 Å². The molecule has 1 fully saturated rings. The number of hydrogen-bond donors (Lipinski definition) is 1. The fourth-order valence-electron chi connectivity index (χ4n) is 3.63. The van der Waals surface area contributed by atoms with Gasteiger partial charge in [0.05, 0.1) is 27.8 Å². The van der Waals surface area contributed by atoms with Crippen molar-refractivity contribution < 1.29 is 18.7 Å². The predicted molar refractivity (Wildman–Crippen MR) is 159 cm³/mol. The van der Waals surface area contributed by atoms with E-state index in [1.807, 2.05) is 12.1 Å². The molecule has 1 aliphatic rings. The maximum absolute atomic E-state index is 12.8. The van der Waals surface area contributed by atoms with Crippen LogP contribution in [0, 0.1) is 0 Å². The number of carbonyl (C=O) groups excluding carboxylic acids is 2. The molecule has 39 heavy (non-hydrogen) atoms. The first-order valence-electron chi connectivity index (χ1n) is 11.5. The van der Waals surface area contributed by atoms with E-state index in [4.69, 9.17) is 44.6 Å². The number of nitrogens with zero attached hydrogens (tertiary/aromatic N) is 2. The van der Waals surface area contributed by atoms with Crippen LogP contribution >= 0.6 is 58.5 Å². The monoisotopic (exact) mass is 615 g/mol. The number of ether oxygens (including phenoxy) is 1. The van der Waals surface area contributed by atoms with Gasteiger partial charge in [0.25, 0.3) is 11.8 Å². The van der Waals surface area contributed by atoms with E-state index < -0.39 is 0 Å². The molecule has 0 radical (unpaired) electrons. The number of thioether (sulfide) groups is 1. The van der Waals surface area contributed by atoms with Crippen LogP contribution in [0.5, 0.6) is 5.75 Å². The number of benzene rings is 2. The van der Waals surface area contributed by atoms with Gasteiger partial charge in [-0.25, -0.2) is 4.98 Å². The maximum atomic E-state index is 12.8. The fraction of sp³-hybridized carbons (Fsp3) is 0.111. The molecule has 0 bridgehead atoms. The number of halogens is 2. The Labute approximate surface area is 247 Å². The summed E-state index contributed by atoms with van der Waals surface area (Å²) in [5.41, 5.74) is 1.69. The molecule has 1 aliphatic heterocycles. The summed E-state index contributed by atoms with van der Waals surface area (Å²) in [6, 6.07) is 16.1. The van der Waals surface area contributed by atoms with E-state index in [1.165, 1.54) is 28.0 Å². The Morgan fingerprint density at radius 2 is 1.97 bits per heavy atom. The second kappa shape index (κ2) is 12.4. The van der Waals surface area contributed by atoms with Crippen molar-refractivity contribution in [1.29, 1.82) is 0 Å². The molecule has 0 spiro atoms. The average molecular weight is 617 g/mol. The van der Waals surface area contributed by atoms with Crippen LogP contribution in [0.15, 0.2) is 76.4 Å². The highest BCUT2D eigenvalue weighted by Crippen LogP contribution is 2.34. The van der Waals surface area contributed by atoms with Gasteiger partial charge < -0.3 is 9.15 Å². The molecule has 7 nitrogen and oxygen atoms in total. The van der Waals surface area contributed by atoms with Crippen LogP contribution in [0.2, 0.25) is 10.0 Å². The highest BCUT2D eigenvalue weighted by Gasteiger charge is 2.32. The minimum atomic E-state index is -0.332. The molecule has 0 saturated carbocycles. The van der Waals surface area contributed by atoms with Crippen molar-refractivity contribution in [3.05, 3.63) is 104 Å². The maximum Gasteiger partial charge on any atom is 0.266 e. The molecular weight excluding hydrogens is 597 g/mol. The van der Waals surface area contributed by atoms with Crippen molar-refractivity contribution >= 4 is 85.9 Å². The summed E-state index contributed by atoms with van der Waals surface area (Å²) in [5, 5.41) is 4.22. The summed E-state index contributed by atoms with van der Waals surface area (Å²) >= 11 is 20.3. The van der Waals surface area contributed by atoms with E-state index in [2.05, 4.69) is 10.3 Å². The molecule has 0 atom stereocenters. The van der Waals surface area contributed by atoms with Gasteiger partial charge in [0.1, 0.15) is 15.8 Å². The van der Waals surface area contributed by atoms with Gasteiger partial charge in [0.15, 0.2) is 11.7 Å². The molecule has 12 heteroatoms. The van der Waals surface area contributed by atoms with Crippen LogP contribution in [0.1, 0.15) is 21.8 Å². The number of hydrogen-bond acceptors (Lipinski definition) is 8. The topological polar surface area (TPSA) is 84.7 Å². The zero-order valence-electron chi connectivity index (χ0n) is 20.1. The molecule has 1 N–H and O–H groups in total. The van der Waals surface area contributed by atoms with Crippen molar-refractivity contribution in [2.45, 2.75) is 13.0 Å². The van der Waals surface area contributed by atoms with E-state index in [9.17, 15) is 9.59 Å². The minimum Gasteiger partial charge on any atom is -0.484 e. The van der Waals surface area contributed by atoms with Gasteiger partial charge in [-0.1, -0.05) is 71.4 Å². The molecule has 3 heterocycles. The molecule has 198 valence electrons. The molecule has 5 rings (SSSR count). The Balaban J connectivity index is 1.12. The summed E-state index contributed by atoms with van der Waals surface area (Å²) in [5.74, 6) is 0.680. The molecule has 1 saturated heterocycles. The standard InChI is InChI=1S/C27H19Cl2N3O4S3/c28-21-5-1-3-17(24(21)29)12-20-13-30-26(38-20)31-23(33)15-36-18-8-6-16(7-9-18)11-22-25(34)32(27(37)39-22)14-19-4-2-10-35-19/h1-11,13H,12,14-15H2,(H,30,31,33)/b22-11-. The molecule has 2 aromatic heterocycles. The van der Waals surface area contributed by atoms with E-state index in [-0.39, 0.29) is 18.4 Å². The highest BCUT2D eigenvalue weighted by atomic mass is 35.5. The van der Waals surface area contributed by atoms with E-state index >= 15 is 0 Å². The fourth-order valence-corrected chi connectivity index (χ4v) is 6.12. The number of rotatable bonds is 9. The lowest BCUT2D eigenvalue weighted by atomic mass is 10.1. The summed E-state index contributed by atoms with van der Waals surface area (Å²) < 4.78 is 11.4. The van der Waals surface area contributed by atoms with Gasteiger partial charge in [-0.2, -0.15) is 0 Å². The van der Waals surface area contributed by atoms with E-state index in [0.717, 1.165) is 16.0 Å². The third-order valence-corrected chi connectivity index (χ3v) is 8.66. The molecule has 4 aromatic rings. The summed E-state index contributed by atoms with van der Waals surface area (Å²) in [6.07, 6.45) is 5.59. The number of thiazole rings is 1. The van der Waals surface area contributed by atoms with Gasteiger partial charge in [0, 0.05) is 17.5 Å². The number of furan rings is 1. The molecule has 2 aromatic carbocycles. The van der Waals surface area contributed by atoms with Gasteiger partial charge in [0.2, 0.25) is 0 Å². The van der Waals surface area contributed by atoms with Crippen molar-refractivity contribution in [2.75, 3.05) is 11.9 Å². The number of nitrogens with one attached hydrogen (secondary N) is 1. The van der Waals surface area contributed by atoms with Crippen molar-refractivity contribution in [3.63, 3.8) is 0 Å². The summed E-state index contributed by atoms with van der Waals surface area (Å²) in [6.45, 7) is 0.113.